The third-order valence-corrected chi connectivity index (χ3v) is 4.37. The Labute approximate surface area is 155 Å². The first-order valence-corrected chi connectivity index (χ1v) is 8.48. The number of rotatable bonds is 6. The predicted octanol–water partition coefficient (Wildman–Crippen LogP) is -1.22. The molecule has 0 saturated heterocycles. The van der Waals surface area contributed by atoms with Gasteiger partial charge in [0.2, 0.25) is 0 Å². The highest BCUT2D eigenvalue weighted by atomic mass is 35.5. The minimum atomic E-state index is -0.576. The van der Waals surface area contributed by atoms with E-state index in [0.29, 0.717) is 18.9 Å². The molecule has 3 rings (SSSR count). The second-order valence-corrected chi connectivity index (χ2v) is 7.07. The number of halogens is 1. The number of benzene rings is 2. The molecular weight excluding hydrogens is 338 g/mol. The van der Waals surface area contributed by atoms with Gasteiger partial charge in [-0.15, -0.1) is 0 Å². The maximum absolute atomic E-state index is 10.5. The summed E-state index contributed by atoms with van der Waals surface area (Å²) in [6, 6.07) is 18.0. The van der Waals surface area contributed by atoms with Crippen LogP contribution in [0.25, 0.3) is 0 Å². The molecule has 0 spiro atoms. The lowest BCUT2D eigenvalue weighted by Crippen LogP contribution is -3.00. The molecule has 0 bridgehead atoms. The second kappa shape index (κ2) is 8.56. The van der Waals surface area contributed by atoms with Crippen molar-refractivity contribution in [3.63, 3.8) is 0 Å². The summed E-state index contributed by atoms with van der Waals surface area (Å²) < 4.78 is 11.6. The van der Waals surface area contributed by atoms with E-state index >= 15 is 0 Å². The molecule has 2 aromatic carbocycles. The number of fused-ring (bicyclic) bond motifs is 1. The molecule has 2 atom stereocenters. The molecule has 0 aromatic heterocycles. The molecular formula is C20H26ClNO3. The number of quaternary nitrogens is 1. The van der Waals surface area contributed by atoms with Crippen LogP contribution >= 0.6 is 0 Å². The van der Waals surface area contributed by atoms with E-state index in [4.69, 9.17) is 9.47 Å². The lowest BCUT2D eigenvalue weighted by Gasteiger charge is -2.31. The summed E-state index contributed by atoms with van der Waals surface area (Å²) in [6.07, 6.45) is 0.0443. The molecule has 4 nitrogen and oxygen atoms in total. The van der Waals surface area contributed by atoms with Gasteiger partial charge in [0, 0.05) is 6.42 Å². The minimum Gasteiger partial charge on any atom is -1.00 e. The lowest BCUT2D eigenvalue weighted by molar-refractivity contribution is -0.726. The Hall–Kier alpha value is -1.75. The first-order chi connectivity index (χ1) is 11.5. The standard InChI is InChI=1S/C20H25NO3.ClH/c1-20(2,12-15-8-4-3-5-9-15)21-13-16(22)19-14-23-17-10-6-7-11-18(17)24-19;/h3-11,16,19,21-22H,12-14H2,1-2H3;1H. The molecule has 2 aromatic rings. The highest BCUT2D eigenvalue weighted by Gasteiger charge is 2.31. The fourth-order valence-electron chi connectivity index (χ4n) is 3.01. The average Bonchev–Trinajstić information content (AvgIpc) is 2.60. The van der Waals surface area contributed by atoms with Gasteiger partial charge in [-0.3, -0.25) is 0 Å². The summed E-state index contributed by atoms with van der Waals surface area (Å²) in [5, 5.41) is 12.7. The van der Waals surface area contributed by atoms with Crippen molar-refractivity contribution in [2.24, 2.45) is 0 Å². The average molecular weight is 364 g/mol. The van der Waals surface area contributed by atoms with Crippen LogP contribution in [0.3, 0.4) is 0 Å². The highest BCUT2D eigenvalue weighted by Crippen LogP contribution is 2.31. The SMILES string of the molecule is CC(C)(Cc1ccccc1)[NH2+]CC(O)C1COc2ccccc2O1.[Cl-]. The number of aliphatic hydroxyl groups is 1. The molecule has 0 amide bonds. The van der Waals surface area contributed by atoms with Crippen molar-refractivity contribution in [3.05, 3.63) is 60.2 Å². The number of aliphatic hydroxyl groups excluding tert-OH is 1. The smallest absolute Gasteiger partial charge is 0.164 e. The Balaban J connectivity index is 0.00000225. The van der Waals surface area contributed by atoms with Crippen LogP contribution in [0, 0.1) is 0 Å². The predicted molar refractivity (Wildman–Crippen MR) is 93.4 cm³/mol. The molecule has 25 heavy (non-hydrogen) atoms. The number of nitrogens with two attached hydrogens (primary N) is 1. The maximum atomic E-state index is 10.5. The van der Waals surface area contributed by atoms with Crippen LogP contribution in [-0.4, -0.2) is 36.0 Å². The Morgan fingerprint density at radius 1 is 1.08 bits per heavy atom. The van der Waals surface area contributed by atoms with Crippen LogP contribution in [0.1, 0.15) is 19.4 Å². The Morgan fingerprint density at radius 3 is 2.44 bits per heavy atom. The summed E-state index contributed by atoms with van der Waals surface area (Å²) >= 11 is 0. The van der Waals surface area contributed by atoms with E-state index in [1.807, 2.05) is 30.3 Å². The molecule has 1 aliphatic heterocycles. The van der Waals surface area contributed by atoms with Gasteiger partial charge in [-0.2, -0.15) is 0 Å². The third-order valence-electron chi connectivity index (χ3n) is 4.37. The van der Waals surface area contributed by atoms with E-state index in [-0.39, 0.29) is 24.0 Å². The minimum absolute atomic E-state index is 0. The van der Waals surface area contributed by atoms with Crippen molar-refractivity contribution in [3.8, 4) is 11.5 Å². The Morgan fingerprint density at radius 2 is 1.72 bits per heavy atom. The quantitative estimate of drug-likeness (QED) is 0.676. The van der Waals surface area contributed by atoms with Gasteiger partial charge in [-0.05, 0) is 31.5 Å². The number of hydrogen-bond acceptors (Lipinski definition) is 3. The fourth-order valence-corrected chi connectivity index (χ4v) is 3.01. The molecule has 3 N–H and O–H groups in total. The number of hydrogen-bond donors (Lipinski definition) is 2. The Kier molecular flexibility index (Phi) is 6.71. The van der Waals surface area contributed by atoms with Crippen LogP contribution < -0.4 is 27.2 Å². The molecule has 1 aliphatic rings. The lowest BCUT2D eigenvalue weighted by atomic mass is 9.94. The van der Waals surface area contributed by atoms with Gasteiger partial charge in [-0.1, -0.05) is 42.5 Å². The van der Waals surface area contributed by atoms with E-state index < -0.39 is 6.10 Å². The van der Waals surface area contributed by atoms with Crippen LogP contribution in [0.5, 0.6) is 11.5 Å². The van der Waals surface area contributed by atoms with Crippen molar-refractivity contribution in [1.29, 1.82) is 0 Å². The zero-order chi connectivity index (χ0) is 17.0. The van der Waals surface area contributed by atoms with Crippen molar-refractivity contribution in [2.75, 3.05) is 13.2 Å². The molecule has 5 heteroatoms. The van der Waals surface area contributed by atoms with E-state index in [1.165, 1.54) is 5.56 Å². The van der Waals surface area contributed by atoms with Crippen LogP contribution in [-0.2, 0) is 6.42 Å². The van der Waals surface area contributed by atoms with Gasteiger partial charge in [0.05, 0.1) is 5.54 Å². The van der Waals surface area contributed by atoms with Crippen LogP contribution in [0.2, 0.25) is 0 Å². The van der Waals surface area contributed by atoms with E-state index in [9.17, 15) is 5.11 Å². The van der Waals surface area contributed by atoms with Crippen molar-refractivity contribution in [2.45, 2.75) is 38.0 Å². The Bertz CT molecular complexity index is 663. The fraction of sp³-hybridized carbons (Fsp3) is 0.400. The summed E-state index contributed by atoms with van der Waals surface area (Å²) in [5.74, 6) is 1.45. The highest BCUT2D eigenvalue weighted by molar-refractivity contribution is 5.40. The third kappa shape index (κ3) is 5.36. The van der Waals surface area contributed by atoms with E-state index in [2.05, 4.69) is 43.4 Å². The topological polar surface area (TPSA) is 55.3 Å². The molecule has 0 aliphatic carbocycles. The van der Waals surface area contributed by atoms with Crippen molar-refractivity contribution < 1.29 is 32.3 Å². The van der Waals surface area contributed by atoms with Gasteiger partial charge in [0.15, 0.2) is 17.6 Å². The molecule has 0 radical (unpaired) electrons. The van der Waals surface area contributed by atoms with E-state index in [0.717, 1.165) is 12.2 Å². The summed E-state index contributed by atoms with van der Waals surface area (Å²) in [5.41, 5.74) is 1.31. The van der Waals surface area contributed by atoms with E-state index in [1.54, 1.807) is 0 Å². The molecule has 0 saturated carbocycles. The van der Waals surface area contributed by atoms with Gasteiger partial charge in [0.25, 0.3) is 0 Å². The molecule has 136 valence electrons. The van der Waals surface area contributed by atoms with Gasteiger partial charge >= 0.3 is 0 Å². The molecule has 1 heterocycles. The first-order valence-electron chi connectivity index (χ1n) is 8.48. The summed E-state index contributed by atoms with van der Waals surface area (Å²) in [6.45, 7) is 5.35. The second-order valence-electron chi connectivity index (χ2n) is 7.07. The van der Waals surface area contributed by atoms with Crippen molar-refractivity contribution in [1.82, 2.24) is 0 Å². The first kappa shape index (κ1) is 19.6. The molecule has 2 unspecified atom stereocenters. The zero-order valence-electron chi connectivity index (χ0n) is 14.7. The zero-order valence-corrected chi connectivity index (χ0v) is 15.4. The monoisotopic (exact) mass is 363 g/mol. The van der Waals surface area contributed by atoms with Crippen molar-refractivity contribution >= 4 is 0 Å². The molecule has 0 fully saturated rings. The van der Waals surface area contributed by atoms with Gasteiger partial charge < -0.3 is 32.3 Å². The van der Waals surface area contributed by atoms with Crippen LogP contribution in [0.15, 0.2) is 54.6 Å². The normalized spacial score (nSPS) is 17.5. The summed E-state index contributed by atoms with van der Waals surface area (Å²) in [4.78, 5) is 0. The van der Waals surface area contributed by atoms with Crippen LogP contribution in [0.4, 0.5) is 0 Å². The maximum Gasteiger partial charge on any atom is 0.164 e. The van der Waals surface area contributed by atoms with Gasteiger partial charge in [0.1, 0.15) is 19.3 Å². The van der Waals surface area contributed by atoms with Gasteiger partial charge in [-0.25, -0.2) is 0 Å². The number of ether oxygens (including phenoxy) is 2. The number of para-hydroxylation sites is 2. The summed E-state index contributed by atoms with van der Waals surface area (Å²) in [7, 11) is 0. The largest absolute Gasteiger partial charge is 1.00 e.